The molecule has 0 aliphatic rings. The lowest BCUT2D eigenvalue weighted by atomic mass is 10.2. The number of rotatable bonds is 9. The average Bonchev–Trinajstić information content (AvgIpc) is 3.51. The van der Waals surface area contributed by atoms with Gasteiger partial charge in [0.2, 0.25) is 5.13 Å². The summed E-state index contributed by atoms with van der Waals surface area (Å²) in [5, 5.41) is 7.00. The molecule has 192 valence electrons. The first kappa shape index (κ1) is 25.5. The third kappa shape index (κ3) is 5.41. The fraction of sp³-hybridized carbons (Fsp3) is 0.107. The number of hydrazone groups is 1. The van der Waals surface area contributed by atoms with Crippen LogP contribution < -0.4 is 20.5 Å². The van der Waals surface area contributed by atoms with Crippen LogP contribution in [0.1, 0.15) is 11.3 Å². The zero-order chi connectivity index (χ0) is 26.5. The summed E-state index contributed by atoms with van der Waals surface area (Å²) in [6, 6.07) is 25.0. The Labute approximate surface area is 231 Å². The first-order valence-electron chi connectivity index (χ1n) is 11.7. The van der Waals surface area contributed by atoms with Crippen molar-refractivity contribution in [1.82, 2.24) is 14.3 Å². The van der Waals surface area contributed by atoms with Crippen molar-refractivity contribution in [3.63, 3.8) is 0 Å². The van der Waals surface area contributed by atoms with Crippen LogP contribution in [0.15, 0.2) is 98.6 Å². The minimum absolute atomic E-state index is 0.153. The molecule has 0 saturated carbocycles. The van der Waals surface area contributed by atoms with Crippen molar-refractivity contribution in [2.75, 3.05) is 12.5 Å². The van der Waals surface area contributed by atoms with E-state index in [0.29, 0.717) is 26.8 Å². The van der Waals surface area contributed by atoms with E-state index in [0.717, 1.165) is 22.5 Å². The summed E-state index contributed by atoms with van der Waals surface area (Å²) in [5.74, 6) is 1.11. The summed E-state index contributed by atoms with van der Waals surface area (Å²) in [4.78, 5) is 17.4. The molecule has 3 aromatic carbocycles. The standard InChI is InChI=1S/C28H24BrN5O3S/c1-33-23(26(29)27(35)34(33)21-11-7-4-8-12-21)17-37-24-14-13-19(15-25(24)36-2)16-30-32-28-31-22(18-38-28)20-9-5-3-6-10-20/h3-16,18H,17H2,1-2H3,(H,31,32). The predicted molar refractivity (Wildman–Crippen MR) is 155 cm³/mol. The van der Waals surface area contributed by atoms with Crippen molar-refractivity contribution in [3.05, 3.63) is 110 Å². The lowest BCUT2D eigenvalue weighted by Crippen LogP contribution is -2.19. The highest BCUT2D eigenvalue weighted by Gasteiger charge is 2.18. The molecule has 10 heteroatoms. The SMILES string of the molecule is COc1cc(C=NNc2nc(-c3ccccc3)cs2)ccc1OCc1c(Br)c(=O)n(-c2ccccc2)n1C. The van der Waals surface area contributed by atoms with E-state index < -0.39 is 0 Å². The maximum absolute atomic E-state index is 12.9. The minimum Gasteiger partial charge on any atom is -0.493 e. The number of hydrogen-bond acceptors (Lipinski definition) is 7. The second-order valence-corrected chi connectivity index (χ2v) is 9.86. The smallest absolute Gasteiger partial charge is 0.286 e. The van der Waals surface area contributed by atoms with Crippen LogP contribution in [0.2, 0.25) is 0 Å². The van der Waals surface area contributed by atoms with Gasteiger partial charge >= 0.3 is 0 Å². The Bertz CT molecular complexity index is 1630. The molecular formula is C28H24BrN5O3S. The first-order valence-corrected chi connectivity index (χ1v) is 13.3. The van der Waals surface area contributed by atoms with Crippen LogP contribution in [0.4, 0.5) is 5.13 Å². The van der Waals surface area contributed by atoms with Crippen LogP contribution in [-0.2, 0) is 13.7 Å². The molecule has 2 aromatic heterocycles. The molecule has 0 aliphatic heterocycles. The van der Waals surface area contributed by atoms with Gasteiger partial charge in [0.15, 0.2) is 11.5 Å². The van der Waals surface area contributed by atoms with Gasteiger partial charge in [-0.3, -0.25) is 14.9 Å². The van der Waals surface area contributed by atoms with Gasteiger partial charge in [-0.1, -0.05) is 48.5 Å². The summed E-state index contributed by atoms with van der Waals surface area (Å²) in [6.07, 6.45) is 1.69. The molecule has 5 aromatic rings. The van der Waals surface area contributed by atoms with E-state index in [1.54, 1.807) is 22.7 Å². The number of thiazole rings is 1. The van der Waals surface area contributed by atoms with Crippen molar-refractivity contribution in [2.24, 2.45) is 12.1 Å². The molecule has 0 saturated heterocycles. The third-order valence-electron chi connectivity index (χ3n) is 5.82. The highest BCUT2D eigenvalue weighted by molar-refractivity contribution is 9.10. The topological polar surface area (TPSA) is 82.7 Å². The van der Waals surface area contributed by atoms with Gasteiger partial charge in [-0.15, -0.1) is 11.3 Å². The van der Waals surface area contributed by atoms with E-state index in [-0.39, 0.29) is 12.2 Å². The Morgan fingerprint density at radius 1 is 1.05 bits per heavy atom. The van der Waals surface area contributed by atoms with Gasteiger partial charge in [0.05, 0.1) is 30.4 Å². The molecule has 0 bridgehead atoms. The predicted octanol–water partition coefficient (Wildman–Crippen LogP) is 6.10. The van der Waals surface area contributed by atoms with Crippen LogP contribution in [0.25, 0.3) is 16.9 Å². The van der Waals surface area contributed by atoms with Crippen molar-refractivity contribution in [3.8, 4) is 28.4 Å². The van der Waals surface area contributed by atoms with Gasteiger partial charge < -0.3 is 9.47 Å². The highest BCUT2D eigenvalue weighted by atomic mass is 79.9. The van der Waals surface area contributed by atoms with Crippen molar-refractivity contribution in [2.45, 2.75) is 6.61 Å². The minimum atomic E-state index is -0.153. The first-order chi connectivity index (χ1) is 18.5. The van der Waals surface area contributed by atoms with Crippen molar-refractivity contribution in [1.29, 1.82) is 0 Å². The largest absolute Gasteiger partial charge is 0.493 e. The Hall–Kier alpha value is -4.15. The van der Waals surface area contributed by atoms with Gasteiger partial charge in [-0.05, 0) is 51.8 Å². The van der Waals surface area contributed by atoms with Crippen LogP contribution >= 0.6 is 27.3 Å². The van der Waals surface area contributed by atoms with E-state index in [4.69, 9.17) is 9.47 Å². The van der Waals surface area contributed by atoms with Crippen LogP contribution in [0.5, 0.6) is 11.5 Å². The molecule has 2 heterocycles. The van der Waals surface area contributed by atoms with E-state index >= 15 is 0 Å². The summed E-state index contributed by atoms with van der Waals surface area (Å²) < 4.78 is 15.4. The average molecular weight is 591 g/mol. The molecule has 8 nitrogen and oxygen atoms in total. The van der Waals surface area contributed by atoms with E-state index in [9.17, 15) is 4.79 Å². The normalized spacial score (nSPS) is 11.1. The fourth-order valence-electron chi connectivity index (χ4n) is 3.89. The number of anilines is 1. The molecule has 0 radical (unpaired) electrons. The summed E-state index contributed by atoms with van der Waals surface area (Å²) >= 11 is 4.93. The molecule has 0 amide bonds. The highest BCUT2D eigenvalue weighted by Crippen LogP contribution is 2.29. The molecule has 0 spiro atoms. The quantitative estimate of drug-likeness (QED) is 0.166. The number of halogens is 1. The molecule has 0 aliphatic carbocycles. The second-order valence-electron chi connectivity index (χ2n) is 8.21. The number of para-hydroxylation sites is 1. The third-order valence-corrected chi connectivity index (χ3v) is 7.37. The van der Waals surface area contributed by atoms with Gasteiger partial charge in [-0.2, -0.15) is 5.10 Å². The Kier molecular flexibility index (Phi) is 7.71. The maximum Gasteiger partial charge on any atom is 0.286 e. The number of nitrogens with one attached hydrogen (secondary N) is 1. The summed E-state index contributed by atoms with van der Waals surface area (Å²) in [5.41, 5.74) is 7.09. The van der Waals surface area contributed by atoms with Crippen LogP contribution in [-0.4, -0.2) is 27.7 Å². The van der Waals surface area contributed by atoms with E-state index in [1.807, 2.05) is 91.3 Å². The molecule has 1 N–H and O–H groups in total. The van der Waals surface area contributed by atoms with E-state index in [2.05, 4.69) is 31.4 Å². The summed E-state index contributed by atoms with van der Waals surface area (Å²) in [6.45, 7) is 0.172. The monoisotopic (exact) mass is 589 g/mol. The van der Waals surface area contributed by atoms with Gasteiger partial charge in [0.1, 0.15) is 11.1 Å². The van der Waals surface area contributed by atoms with Gasteiger partial charge in [0, 0.05) is 18.0 Å². The van der Waals surface area contributed by atoms with Crippen molar-refractivity contribution >= 4 is 38.6 Å². The number of nitrogens with zero attached hydrogens (tertiary/aromatic N) is 4. The Balaban J connectivity index is 1.27. The maximum atomic E-state index is 12.9. The molecular weight excluding hydrogens is 566 g/mol. The number of methoxy groups -OCH3 is 1. The molecule has 0 atom stereocenters. The second kappa shape index (κ2) is 11.5. The zero-order valence-electron chi connectivity index (χ0n) is 20.7. The van der Waals surface area contributed by atoms with Gasteiger partial charge in [0.25, 0.3) is 5.56 Å². The van der Waals surface area contributed by atoms with Crippen LogP contribution in [0.3, 0.4) is 0 Å². The number of aromatic nitrogens is 3. The fourth-order valence-corrected chi connectivity index (χ4v) is 5.10. The van der Waals surface area contributed by atoms with Gasteiger partial charge in [-0.25, -0.2) is 9.67 Å². The van der Waals surface area contributed by atoms with Crippen molar-refractivity contribution < 1.29 is 9.47 Å². The number of benzene rings is 3. The number of hydrogen-bond donors (Lipinski definition) is 1. The molecule has 5 rings (SSSR count). The molecule has 0 unspecified atom stereocenters. The lowest BCUT2D eigenvalue weighted by Gasteiger charge is -2.13. The Morgan fingerprint density at radius 2 is 1.79 bits per heavy atom. The molecule has 38 heavy (non-hydrogen) atoms. The number of ether oxygens (including phenoxy) is 2. The lowest BCUT2D eigenvalue weighted by molar-refractivity contribution is 0.274. The summed E-state index contributed by atoms with van der Waals surface area (Å²) in [7, 11) is 3.41. The van der Waals surface area contributed by atoms with E-state index in [1.165, 1.54) is 11.3 Å². The zero-order valence-corrected chi connectivity index (χ0v) is 23.1. The molecule has 0 fully saturated rings. The van der Waals surface area contributed by atoms with Crippen LogP contribution in [0, 0.1) is 0 Å². The Morgan fingerprint density at radius 3 is 2.53 bits per heavy atom.